The molecule has 0 bridgehead atoms. The van der Waals surface area contributed by atoms with Crippen molar-refractivity contribution in [2.45, 2.75) is 13.8 Å². The smallest absolute Gasteiger partial charge is 0.113 e. The molecule has 2 rings (SSSR count). The van der Waals surface area contributed by atoms with Crippen molar-refractivity contribution in [3.05, 3.63) is 22.7 Å². The molecular formula is C14H19FN2OS. The summed E-state index contributed by atoms with van der Waals surface area (Å²) < 4.78 is 18.3. The Labute approximate surface area is 117 Å². The van der Waals surface area contributed by atoms with Crippen LogP contribution in [0.25, 0.3) is 10.2 Å². The zero-order chi connectivity index (χ0) is 13.8. The number of nitrogens with zero attached hydrogens (tertiary/aromatic N) is 2. The van der Waals surface area contributed by atoms with Crippen molar-refractivity contribution in [3.8, 4) is 0 Å². The summed E-state index contributed by atoms with van der Waals surface area (Å²) in [6, 6.07) is 4.29. The molecule has 0 spiro atoms. The minimum atomic E-state index is -0.422. The first-order valence-corrected chi connectivity index (χ1v) is 7.16. The summed E-state index contributed by atoms with van der Waals surface area (Å²) in [5.41, 5.74) is 3.44. The van der Waals surface area contributed by atoms with Gasteiger partial charge in [0.15, 0.2) is 0 Å². The zero-order valence-corrected chi connectivity index (χ0v) is 12.4. The van der Waals surface area contributed by atoms with Crippen LogP contribution in [0.3, 0.4) is 0 Å². The van der Waals surface area contributed by atoms with Crippen LogP contribution >= 0.6 is 11.3 Å². The van der Waals surface area contributed by atoms with Crippen molar-refractivity contribution in [1.82, 2.24) is 4.98 Å². The van der Waals surface area contributed by atoms with Gasteiger partial charge in [0.25, 0.3) is 0 Å². The van der Waals surface area contributed by atoms with Gasteiger partial charge in [0.1, 0.15) is 6.67 Å². The summed E-state index contributed by atoms with van der Waals surface area (Å²) in [6.45, 7) is 5.16. The van der Waals surface area contributed by atoms with E-state index in [0.29, 0.717) is 6.61 Å². The van der Waals surface area contributed by atoms with Crippen LogP contribution in [0.1, 0.15) is 10.6 Å². The number of alkyl halides is 1. The lowest BCUT2D eigenvalue weighted by Gasteiger charge is -2.21. The second-order valence-electron chi connectivity index (χ2n) is 4.56. The van der Waals surface area contributed by atoms with Crippen molar-refractivity contribution >= 4 is 27.2 Å². The van der Waals surface area contributed by atoms with Crippen molar-refractivity contribution in [2.75, 3.05) is 38.4 Å². The number of aromatic nitrogens is 1. The Bertz CT molecular complexity index is 556. The van der Waals surface area contributed by atoms with Crippen LogP contribution in [0.5, 0.6) is 0 Å². The molecule has 104 valence electrons. The number of aryl methyl sites for hydroxylation is 2. The van der Waals surface area contributed by atoms with Gasteiger partial charge < -0.3 is 9.64 Å². The molecule has 0 amide bonds. The predicted molar refractivity (Wildman–Crippen MR) is 79.2 cm³/mol. The summed E-state index contributed by atoms with van der Waals surface area (Å²) >= 11 is 1.71. The number of halogens is 1. The number of benzene rings is 1. The quantitative estimate of drug-likeness (QED) is 0.760. The highest BCUT2D eigenvalue weighted by molar-refractivity contribution is 7.18. The Morgan fingerprint density at radius 3 is 2.84 bits per heavy atom. The zero-order valence-electron chi connectivity index (χ0n) is 11.6. The topological polar surface area (TPSA) is 25.4 Å². The summed E-state index contributed by atoms with van der Waals surface area (Å²) in [4.78, 5) is 6.64. The second kappa shape index (κ2) is 6.30. The average molecular weight is 282 g/mol. The lowest BCUT2D eigenvalue weighted by atomic mass is 10.1. The maximum absolute atomic E-state index is 11.9. The Morgan fingerprint density at radius 1 is 1.32 bits per heavy atom. The largest absolute Gasteiger partial charge is 0.377 e. The third-order valence-corrected chi connectivity index (χ3v) is 3.95. The van der Waals surface area contributed by atoms with E-state index in [0.717, 1.165) is 17.1 Å². The summed E-state index contributed by atoms with van der Waals surface area (Å²) in [5, 5.41) is 1.08. The van der Waals surface area contributed by atoms with Gasteiger partial charge in [-0.05, 0) is 31.5 Å². The molecule has 0 aliphatic heterocycles. The fraction of sp³-hybridized carbons (Fsp3) is 0.500. The highest BCUT2D eigenvalue weighted by Gasteiger charge is 2.09. The number of rotatable bonds is 6. The van der Waals surface area contributed by atoms with Crippen molar-refractivity contribution in [1.29, 1.82) is 0 Å². The van der Waals surface area contributed by atoms with Crippen LogP contribution in [-0.2, 0) is 4.74 Å². The van der Waals surface area contributed by atoms with E-state index in [9.17, 15) is 4.39 Å². The lowest BCUT2D eigenvalue weighted by molar-refractivity contribution is 0.125. The average Bonchev–Trinajstić information content (AvgIpc) is 2.72. The molecule has 0 radical (unpaired) electrons. The van der Waals surface area contributed by atoms with Crippen LogP contribution in [0.4, 0.5) is 10.1 Å². The molecule has 1 aromatic heterocycles. The number of fused-ring (bicyclic) bond motifs is 1. The highest BCUT2D eigenvalue weighted by atomic mass is 32.1. The van der Waals surface area contributed by atoms with E-state index in [1.807, 2.05) is 14.0 Å². The van der Waals surface area contributed by atoms with E-state index in [2.05, 4.69) is 28.9 Å². The SMILES string of the molecule is Cc1nc2cc(C)c(N(C)CCOCCF)cc2s1. The molecule has 0 saturated heterocycles. The number of hydrogen-bond acceptors (Lipinski definition) is 4. The van der Waals surface area contributed by atoms with Crippen molar-refractivity contribution in [3.63, 3.8) is 0 Å². The monoisotopic (exact) mass is 282 g/mol. The standard InChI is InChI=1S/C14H19FN2OS/c1-10-8-12-14(19-11(2)16-12)9-13(10)17(3)5-7-18-6-4-15/h8-9H,4-7H2,1-3H3. The predicted octanol–water partition coefficient (Wildman–Crippen LogP) is 3.34. The van der Waals surface area contributed by atoms with E-state index >= 15 is 0 Å². The minimum absolute atomic E-state index is 0.180. The molecule has 0 atom stereocenters. The summed E-state index contributed by atoms with van der Waals surface area (Å²) in [6.07, 6.45) is 0. The first-order valence-electron chi connectivity index (χ1n) is 6.34. The minimum Gasteiger partial charge on any atom is -0.377 e. The molecule has 0 unspecified atom stereocenters. The van der Waals surface area contributed by atoms with Gasteiger partial charge >= 0.3 is 0 Å². The third kappa shape index (κ3) is 3.42. The van der Waals surface area contributed by atoms with Gasteiger partial charge in [-0.3, -0.25) is 0 Å². The molecule has 19 heavy (non-hydrogen) atoms. The number of ether oxygens (including phenoxy) is 1. The van der Waals surface area contributed by atoms with Crippen molar-refractivity contribution in [2.24, 2.45) is 0 Å². The number of thiazole rings is 1. The fourth-order valence-corrected chi connectivity index (χ4v) is 2.91. The van der Waals surface area contributed by atoms with E-state index < -0.39 is 6.67 Å². The van der Waals surface area contributed by atoms with Gasteiger partial charge in [0.05, 0.1) is 28.4 Å². The van der Waals surface area contributed by atoms with Crippen LogP contribution in [-0.4, -0.2) is 38.5 Å². The van der Waals surface area contributed by atoms with E-state index in [1.165, 1.54) is 16.0 Å². The lowest BCUT2D eigenvalue weighted by Crippen LogP contribution is -2.23. The Morgan fingerprint density at radius 2 is 2.11 bits per heavy atom. The van der Waals surface area contributed by atoms with Gasteiger partial charge in [0, 0.05) is 19.3 Å². The van der Waals surface area contributed by atoms with E-state index in [1.54, 1.807) is 11.3 Å². The van der Waals surface area contributed by atoms with Gasteiger partial charge in [-0.15, -0.1) is 11.3 Å². The number of likely N-dealkylation sites (N-methyl/N-ethyl adjacent to an activating group) is 1. The van der Waals surface area contributed by atoms with Gasteiger partial charge in [-0.2, -0.15) is 0 Å². The normalized spacial score (nSPS) is 11.2. The first kappa shape index (κ1) is 14.2. The Hall–Kier alpha value is -1.20. The first-order chi connectivity index (χ1) is 9.11. The maximum atomic E-state index is 11.9. The Kier molecular flexibility index (Phi) is 4.71. The maximum Gasteiger partial charge on any atom is 0.113 e. The highest BCUT2D eigenvalue weighted by Crippen LogP contribution is 2.29. The molecule has 3 nitrogen and oxygen atoms in total. The van der Waals surface area contributed by atoms with Crippen LogP contribution < -0.4 is 4.90 Å². The molecule has 1 heterocycles. The Balaban J connectivity index is 2.12. The second-order valence-corrected chi connectivity index (χ2v) is 5.80. The number of hydrogen-bond donors (Lipinski definition) is 0. The van der Waals surface area contributed by atoms with E-state index in [4.69, 9.17) is 4.74 Å². The third-order valence-electron chi connectivity index (χ3n) is 3.02. The molecule has 0 N–H and O–H groups in total. The molecule has 0 aliphatic carbocycles. The molecule has 1 aromatic carbocycles. The molecule has 2 aromatic rings. The molecular weight excluding hydrogens is 263 g/mol. The number of anilines is 1. The molecule has 5 heteroatoms. The molecule has 0 saturated carbocycles. The molecule has 0 fully saturated rings. The van der Waals surface area contributed by atoms with Gasteiger partial charge in [-0.1, -0.05) is 0 Å². The summed E-state index contributed by atoms with van der Waals surface area (Å²) in [5.74, 6) is 0. The van der Waals surface area contributed by atoms with Gasteiger partial charge in [0.2, 0.25) is 0 Å². The summed E-state index contributed by atoms with van der Waals surface area (Å²) in [7, 11) is 2.03. The van der Waals surface area contributed by atoms with Crippen LogP contribution in [0, 0.1) is 13.8 Å². The molecule has 0 aliphatic rings. The van der Waals surface area contributed by atoms with Gasteiger partial charge in [-0.25, -0.2) is 9.37 Å². The van der Waals surface area contributed by atoms with Crippen LogP contribution in [0.2, 0.25) is 0 Å². The van der Waals surface area contributed by atoms with Crippen LogP contribution in [0.15, 0.2) is 12.1 Å². The van der Waals surface area contributed by atoms with E-state index in [-0.39, 0.29) is 6.61 Å². The fourth-order valence-electron chi connectivity index (χ4n) is 2.07. The van der Waals surface area contributed by atoms with Crippen molar-refractivity contribution < 1.29 is 9.13 Å².